The van der Waals surface area contributed by atoms with Crippen molar-refractivity contribution in [2.24, 2.45) is 0 Å². The molecule has 1 aromatic carbocycles. The largest absolute Gasteiger partial charge is 0.237 e. The van der Waals surface area contributed by atoms with E-state index in [1.807, 2.05) is 30.3 Å². The van der Waals surface area contributed by atoms with E-state index in [0.717, 1.165) is 31.2 Å². The van der Waals surface area contributed by atoms with Crippen LogP contribution in [-0.2, 0) is 15.6 Å². The molecule has 1 aliphatic rings. The average molecular weight is 302 g/mol. The van der Waals surface area contributed by atoms with Gasteiger partial charge in [-0.25, -0.2) is 18.4 Å². The van der Waals surface area contributed by atoms with E-state index >= 15 is 0 Å². The number of sulfone groups is 1. The van der Waals surface area contributed by atoms with Gasteiger partial charge in [0.2, 0.25) is 0 Å². The van der Waals surface area contributed by atoms with Crippen molar-refractivity contribution < 1.29 is 8.42 Å². The Morgan fingerprint density at radius 2 is 1.76 bits per heavy atom. The molecule has 0 unspecified atom stereocenters. The molecule has 4 nitrogen and oxygen atoms in total. The summed E-state index contributed by atoms with van der Waals surface area (Å²) in [7, 11) is -3.10. The molecule has 1 fully saturated rings. The molecule has 0 N–H and O–H groups in total. The fraction of sp³-hybridized carbons (Fsp3) is 0.375. The molecule has 0 bridgehead atoms. The standard InChI is InChI=1S/C16H18N2O2S/c19-21(20,15-8-4-5-9-15)12-14-10-11-17-16(18-14)13-6-2-1-3-7-13/h1-3,6-7,10-11,15H,4-5,8-9,12H2. The topological polar surface area (TPSA) is 59.9 Å². The van der Waals surface area contributed by atoms with Crippen LogP contribution in [0.3, 0.4) is 0 Å². The van der Waals surface area contributed by atoms with Crippen LogP contribution in [0.2, 0.25) is 0 Å². The third-order valence-corrected chi connectivity index (χ3v) is 6.09. The second-order valence-electron chi connectivity index (χ2n) is 5.45. The summed E-state index contributed by atoms with van der Waals surface area (Å²) >= 11 is 0. The normalized spacial score (nSPS) is 16.2. The van der Waals surface area contributed by atoms with Gasteiger partial charge in [-0.3, -0.25) is 0 Å². The zero-order valence-corrected chi connectivity index (χ0v) is 12.6. The van der Waals surface area contributed by atoms with Gasteiger partial charge in [-0.05, 0) is 18.9 Å². The average Bonchev–Trinajstić information content (AvgIpc) is 3.03. The molecule has 0 saturated heterocycles. The highest BCUT2D eigenvalue weighted by Crippen LogP contribution is 2.27. The molecule has 0 spiro atoms. The van der Waals surface area contributed by atoms with Crippen LogP contribution in [-0.4, -0.2) is 23.6 Å². The molecule has 0 atom stereocenters. The van der Waals surface area contributed by atoms with Gasteiger partial charge >= 0.3 is 0 Å². The fourth-order valence-corrected chi connectivity index (χ4v) is 4.63. The van der Waals surface area contributed by atoms with Crippen LogP contribution in [0.1, 0.15) is 31.4 Å². The second kappa shape index (κ2) is 5.93. The minimum Gasteiger partial charge on any atom is -0.237 e. The molecule has 3 rings (SSSR count). The summed E-state index contributed by atoms with van der Waals surface area (Å²) in [6.07, 6.45) is 5.25. The van der Waals surface area contributed by atoms with Crippen molar-refractivity contribution in [3.05, 3.63) is 48.3 Å². The molecule has 0 radical (unpaired) electrons. The molecule has 21 heavy (non-hydrogen) atoms. The summed E-state index contributed by atoms with van der Waals surface area (Å²) in [5, 5.41) is -0.187. The molecule has 110 valence electrons. The van der Waals surface area contributed by atoms with E-state index in [2.05, 4.69) is 9.97 Å². The van der Waals surface area contributed by atoms with Crippen LogP contribution in [0.5, 0.6) is 0 Å². The Morgan fingerprint density at radius 3 is 2.48 bits per heavy atom. The lowest BCUT2D eigenvalue weighted by molar-refractivity contribution is 0.578. The number of rotatable bonds is 4. The third-order valence-electron chi connectivity index (χ3n) is 3.90. The maximum Gasteiger partial charge on any atom is 0.159 e. The quantitative estimate of drug-likeness (QED) is 0.871. The van der Waals surface area contributed by atoms with Crippen LogP contribution in [0.4, 0.5) is 0 Å². The Hall–Kier alpha value is -1.75. The van der Waals surface area contributed by atoms with Crippen molar-refractivity contribution in [3.63, 3.8) is 0 Å². The van der Waals surface area contributed by atoms with Gasteiger partial charge in [0.15, 0.2) is 15.7 Å². The molecule has 1 aromatic heterocycles. The third kappa shape index (κ3) is 3.29. The Bertz CT molecular complexity index is 708. The summed E-state index contributed by atoms with van der Waals surface area (Å²) in [4.78, 5) is 8.64. The Labute approximate surface area is 125 Å². The molecule has 0 aliphatic heterocycles. The summed E-state index contributed by atoms with van der Waals surface area (Å²) in [6.45, 7) is 0. The van der Waals surface area contributed by atoms with Gasteiger partial charge in [0.05, 0.1) is 16.7 Å². The number of aromatic nitrogens is 2. The summed E-state index contributed by atoms with van der Waals surface area (Å²) in [5.41, 5.74) is 1.48. The monoisotopic (exact) mass is 302 g/mol. The summed E-state index contributed by atoms with van der Waals surface area (Å²) < 4.78 is 24.8. The molecule has 5 heteroatoms. The van der Waals surface area contributed by atoms with Gasteiger partial charge in [0.25, 0.3) is 0 Å². The molecule has 0 amide bonds. The first-order chi connectivity index (χ1) is 10.1. The molecule has 1 aliphatic carbocycles. The van der Waals surface area contributed by atoms with Crippen LogP contribution in [0.25, 0.3) is 11.4 Å². The van der Waals surface area contributed by atoms with Crippen molar-refractivity contribution in [1.82, 2.24) is 9.97 Å². The molecular formula is C16H18N2O2S. The molecular weight excluding hydrogens is 284 g/mol. The van der Waals surface area contributed by atoms with Gasteiger partial charge in [-0.15, -0.1) is 0 Å². The zero-order chi connectivity index (χ0) is 14.7. The summed E-state index contributed by atoms with van der Waals surface area (Å²) in [5.74, 6) is 0.592. The second-order valence-corrected chi connectivity index (χ2v) is 7.73. The number of nitrogens with zero attached hydrogens (tertiary/aromatic N) is 2. The minimum atomic E-state index is -3.10. The predicted molar refractivity (Wildman–Crippen MR) is 82.3 cm³/mol. The SMILES string of the molecule is O=S(=O)(Cc1ccnc(-c2ccccc2)n1)C1CCCC1. The first-order valence-electron chi connectivity index (χ1n) is 7.24. The first-order valence-corrected chi connectivity index (χ1v) is 8.95. The Balaban J connectivity index is 1.84. The highest BCUT2D eigenvalue weighted by molar-refractivity contribution is 7.91. The number of hydrogen-bond donors (Lipinski definition) is 0. The van der Waals surface area contributed by atoms with Crippen molar-refractivity contribution in [3.8, 4) is 11.4 Å². The zero-order valence-electron chi connectivity index (χ0n) is 11.8. The number of benzene rings is 1. The molecule has 2 aromatic rings. The van der Waals surface area contributed by atoms with Crippen LogP contribution >= 0.6 is 0 Å². The van der Waals surface area contributed by atoms with Crippen molar-refractivity contribution in [2.75, 3.05) is 0 Å². The van der Waals surface area contributed by atoms with Gasteiger partial charge in [0, 0.05) is 11.8 Å². The first kappa shape index (κ1) is 14.2. The highest BCUT2D eigenvalue weighted by Gasteiger charge is 2.29. The maximum absolute atomic E-state index is 12.4. The van der Waals surface area contributed by atoms with Gasteiger partial charge < -0.3 is 0 Å². The van der Waals surface area contributed by atoms with Crippen LogP contribution in [0, 0.1) is 0 Å². The smallest absolute Gasteiger partial charge is 0.159 e. The molecule has 1 saturated carbocycles. The fourth-order valence-electron chi connectivity index (χ4n) is 2.77. The Morgan fingerprint density at radius 1 is 1.05 bits per heavy atom. The van der Waals surface area contributed by atoms with Gasteiger partial charge in [0.1, 0.15) is 0 Å². The van der Waals surface area contributed by atoms with E-state index in [1.165, 1.54) is 0 Å². The van der Waals surface area contributed by atoms with E-state index < -0.39 is 9.84 Å². The van der Waals surface area contributed by atoms with E-state index in [0.29, 0.717) is 11.5 Å². The van der Waals surface area contributed by atoms with Crippen LogP contribution in [0.15, 0.2) is 42.6 Å². The van der Waals surface area contributed by atoms with Crippen molar-refractivity contribution in [1.29, 1.82) is 0 Å². The maximum atomic E-state index is 12.4. The predicted octanol–water partition coefficient (Wildman–Crippen LogP) is 3.00. The minimum absolute atomic E-state index is 0.0139. The summed E-state index contributed by atoms with van der Waals surface area (Å²) in [6, 6.07) is 11.3. The Kier molecular flexibility index (Phi) is 4.01. The van der Waals surface area contributed by atoms with Gasteiger partial charge in [-0.2, -0.15) is 0 Å². The number of hydrogen-bond acceptors (Lipinski definition) is 4. The van der Waals surface area contributed by atoms with E-state index in [4.69, 9.17) is 0 Å². The van der Waals surface area contributed by atoms with E-state index in [1.54, 1.807) is 12.3 Å². The lowest BCUT2D eigenvalue weighted by atomic mass is 10.2. The van der Waals surface area contributed by atoms with Crippen molar-refractivity contribution in [2.45, 2.75) is 36.7 Å². The van der Waals surface area contributed by atoms with E-state index in [-0.39, 0.29) is 11.0 Å². The van der Waals surface area contributed by atoms with Crippen molar-refractivity contribution >= 4 is 9.84 Å². The van der Waals surface area contributed by atoms with Gasteiger partial charge in [-0.1, -0.05) is 43.2 Å². The lowest BCUT2D eigenvalue weighted by Gasteiger charge is -2.11. The lowest BCUT2D eigenvalue weighted by Crippen LogP contribution is -2.20. The van der Waals surface area contributed by atoms with Crippen LogP contribution < -0.4 is 0 Å². The van der Waals surface area contributed by atoms with E-state index in [9.17, 15) is 8.42 Å². The molecule has 1 heterocycles. The highest BCUT2D eigenvalue weighted by atomic mass is 32.2.